The van der Waals surface area contributed by atoms with Gasteiger partial charge in [0, 0.05) is 30.8 Å². The zero-order valence-electron chi connectivity index (χ0n) is 17.0. The fraction of sp³-hybridized carbons (Fsp3) is 0.440. The maximum Gasteiger partial charge on any atom is 0.253 e. The zero-order valence-corrected chi connectivity index (χ0v) is 17.0. The fourth-order valence-electron chi connectivity index (χ4n) is 4.49. The second-order valence-electron chi connectivity index (χ2n) is 8.34. The summed E-state index contributed by atoms with van der Waals surface area (Å²) in [7, 11) is 0. The number of benzene rings is 2. The van der Waals surface area contributed by atoms with Crippen LogP contribution in [0.3, 0.4) is 0 Å². The molecule has 152 valence electrons. The van der Waals surface area contributed by atoms with E-state index in [1.165, 1.54) is 37.7 Å². The van der Waals surface area contributed by atoms with Crippen LogP contribution in [0.4, 0.5) is 0 Å². The van der Waals surface area contributed by atoms with Gasteiger partial charge in [0.25, 0.3) is 11.8 Å². The average molecular weight is 391 g/mol. The molecule has 1 saturated heterocycles. The van der Waals surface area contributed by atoms with Gasteiger partial charge in [0.1, 0.15) is 0 Å². The van der Waals surface area contributed by atoms with Crippen molar-refractivity contribution in [1.82, 2.24) is 10.2 Å². The molecule has 2 aromatic rings. The van der Waals surface area contributed by atoms with Gasteiger partial charge in [-0.1, -0.05) is 43.5 Å². The van der Waals surface area contributed by atoms with Gasteiger partial charge in [0.15, 0.2) is 0 Å². The third kappa shape index (κ3) is 4.87. The number of hydrogen-bond donors (Lipinski definition) is 1. The summed E-state index contributed by atoms with van der Waals surface area (Å²) in [4.78, 5) is 26.8. The Morgan fingerprint density at radius 3 is 2.07 bits per heavy atom. The molecule has 1 N–H and O–H groups in total. The molecule has 2 fully saturated rings. The Kier molecular flexibility index (Phi) is 6.28. The quantitative estimate of drug-likeness (QED) is 0.789. The number of carbonyl (C=O) groups is 2. The van der Waals surface area contributed by atoms with Crippen molar-refractivity contribution in [2.24, 2.45) is 0 Å². The summed E-state index contributed by atoms with van der Waals surface area (Å²) in [5.41, 5.74) is 3.78. The highest BCUT2D eigenvalue weighted by Crippen LogP contribution is 2.32. The highest BCUT2D eigenvalue weighted by molar-refractivity contribution is 5.95. The van der Waals surface area contributed by atoms with Gasteiger partial charge in [-0.2, -0.15) is 0 Å². The first-order chi connectivity index (χ1) is 14.2. The van der Waals surface area contributed by atoms with E-state index in [9.17, 15) is 9.59 Å². The molecular formula is C25H30N2O2. The maximum atomic E-state index is 12.5. The minimum Gasteiger partial charge on any atom is -0.348 e. The molecule has 0 aromatic heterocycles. The molecule has 1 aliphatic heterocycles. The molecule has 1 saturated carbocycles. The lowest BCUT2D eigenvalue weighted by molar-refractivity contribution is 0.0792. The van der Waals surface area contributed by atoms with Crippen molar-refractivity contribution in [3.63, 3.8) is 0 Å². The van der Waals surface area contributed by atoms with Gasteiger partial charge in [0.05, 0.1) is 0 Å². The third-order valence-electron chi connectivity index (χ3n) is 6.30. The lowest BCUT2D eigenvalue weighted by Crippen LogP contribution is -2.27. The number of amides is 2. The van der Waals surface area contributed by atoms with Crippen molar-refractivity contribution in [2.75, 3.05) is 13.1 Å². The number of nitrogens with one attached hydrogen (secondary N) is 1. The van der Waals surface area contributed by atoms with Gasteiger partial charge >= 0.3 is 0 Å². The molecule has 2 amide bonds. The van der Waals surface area contributed by atoms with E-state index >= 15 is 0 Å². The van der Waals surface area contributed by atoms with Crippen molar-refractivity contribution in [3.8, 4) is 0 Å². The van der Waals surface area contributed by atoms with Gasteiger partial charge < -0.3 is 10.2 Å². The summed E-state index contributed by atoms with van der Waals surface area (Å²) < 4.78 is 0. The molecule has 2 aromatic carbocycles. The van der Waals surface area contributed by atoms with Crippen LogP contribution in [-0.4, -0.2) is 29.8 Å². The van der Waals surface area contributed by atoms with Gasteiger partial charge in [-0.05, 0) is 67.0 Å². The Balaban J connectivity index is 1.30. The van der Waals surface area contributed by atoms with Crippen LogP contribution in [0.2, 0.25) is 0 Å². The lowest BCUT2D eigenvalue weighted by atomic mass is 9.84. The third-order valence-corrected chi connectivity index (χ3v) is 6.30. The van der Waals surface area contributed by atoms with Crippen LogP contribution in [0.5, 0.6) is 0 Å². The molecule has 4 heteroatoms. The second kappa shape index (κ2) is 9.25. The van der Waals surface area contributed by atoms with E-state index in [4.69, 9.17) is 0 Å². The first-order valence-electron chi connectivity index (χ1n) is 11.0. The molecule has 1 aliphatic carbocycles. The summed E-state index contributed by atoms with van der Waals surface area (Å²) in [6.07, 6.45) is 8.70. The van der Waals surface area contributed by atoms with E-state index in [0.29, 0.717) is 18.0 Å². The highest BCUT2D eigenvalue weighted by atomic mass is 16.2. The highest BCUT2D eigenvalue weighted by Gasteiger charge is 2.19. The van der Waals surface area contributed by atoms with E-state index in [-0.39, 0.29) is 11.8 Å². The van der Waals surface area contributed by atoms with Gasteiger partial charge in [-0.3, -0.25) is 9.59 Å². The van der Waals surface area contributed by atoms with Crippen molar-refractivity contribution in [1.29, 1.82) is 0 Å². The normalized spacial score (nSPS) is 17.3. The minimum absolute atomic E-state index is 0.0580. The standard InChI is InChI=1S/C25H30N2O2/c28-24(22-14-12-21(13-15-22)20-6-2-1-3-7-20)26-18-19-8-10-23(11-9-19)25(29)27-16-4-5-17-27/h8-15,20H,1-7,16-18H2,(H,26,28). The predicted octanol–water partition coefficient (Wildman–Crippen LogP) is 4.90. The molecule has 29 heavy (non-hydrogen) atoms. The van der Waals surface area contributed by atoms with Crippen LogP contribution >= 0.6 is 0 Å². The lowest BCUT2D eigenvalue weighted by Gasteiger charge is -2.22. The largest absolute Gasteiger partial charge is 0.348 e. The smallest absolute Gasteiger partial charge is 0.253 e. The van der Waals surface area contributed by atoms with Crippen molar-refractivity contribution in [2.45, 2.75) is 57.4 Å². The predicted molar refractivity (Wildman–Crippen MR) is 115 cm³/mol. The number of rotatable bonds is 5. The molecule has 0 atom stereocenters. The molecule has 0 radical (unpaired) electrons. The summed E-state index contributed by atoms with van der Waals surface area (Å²) in [6, 6.07) is 15.7. The Labute approximate surface area is 173 Å². The van der Waals surface area contributed by atoms with E-state index in [0.717, 1.165) is 37.1 Å². The Bertz CT molecular complexity index is 830. The minimum atomic E-state index is -0.0580. The summed E-state index contributed by atoms with van der Waals surface area (Å²) >= 11 is 0. The fourth-order valence-corrected chi connectivity index (χ4v) is 4.49. The van der Waals surface area contributed by atoms with E-state index in [1.807, 2.05) is 41.3 Å². The summed E-state index contributed by atoms with van der Waals surface area (Å²) in [6.45, 7) is 2.17. The van der Waals surface area contributed by atoms with Crippen molar-refractivity contribution < 1.29 is 9.59 Å². The van der Waals surface area contributed by atoms with Gasteiger partial charge in [-0.15, -0.1) is 0 Å². The van der Waals surface area contributed by atoms with Gasteiger partial charge in [-0.25, -0.2) is 0 Å². The van der Waals surface area contributed by atoms with Crippen LogP contribution in [0, 0.1) is 0 Å². The van der Waals surface area contributed by atoms with Crippen LogP contribution < -0.4 is 5.32 Å². The molecular weight excluding hydrogens is 360 g/mol. The average Bonchev–Trinajstić information content (AvgIpc) is 3.33. The first-order valence-corrected chi connectivity index (χ1v) is 11.0. The monoisotopic (exact) mass is 390 g/mol. The maximum absolute atomic E-state index is 12.5. The molecule has 4 rings (SSSR count). The van der Waals surface area contributed by atoms with Crippen LogP contribution in [0.1, 0.15) is 82.7 Å². The van der Waals surface area contributed by atoms with Crippen LogP contribution in [0.25, 0.3) is 0 Å². The second-order valence-corrected chi connectivity index (χ2v) is 8.34. The summed E-state index contributed by atoms with van der Waals surface area (Å²) in [5, 5.41) is 2.98. The number of carbonyl (C=O) groups excluding carboxylic acids is 2. The molecule has 0 spiro atoms. The number of hydrogen-bond acceptors (Lipinski definition) is 2. The molecule has 2 aliphatic rings. The molecule has 4 nitrogen and oxygen atoms in total. The molecule has 0 unspecified atom stereocenters. The zero-order chi connectivity index (χ0) is 20.1. The van der Waals surface area contributed by atoms with E-state index in [1.54, 1.807) is 0 Å². The Hall–Kier alpha value is -2.62. The van der Waals surface area contributed by atoms with Crippen LogP contribution in [0.15, 0.2) is 48.5 Å². The first kappa shape index (κ1) is 19.7. The molecule has 1 heterocycles. The Morgan fingerprint density at radius 2 is 1.41 bits per heavy atom. The SMILES string of the molecule is O=C(NCc1ccc(C(=O)N2CCCC2)cc1)c1ccc(C2CCCCC2)cc1. The van der Waals surface area contributed by atoms with Crippen molar-refractivity contribution in [3.05, 3.63) is 70.8 Å². The van der Waals surface area contributed by atoms with E-state index in [2.05, 4.69) is 17.4 Å². The van der Waals surface area contributed by atoms with E-state index < -0.39 is 0 Å². The van der Waals surface area contributed by atoms with Crippen molar-refractivity contribution >= 4 is 11.8 Å². The van der Waals surface area contributed by atoms with Gasteiger partial charge in [0.2, 0.25) is 0 Å². The number of likely N-dealkylation sites (tertiary alicyclic amines) is 1. The number of nitrogens with zero attached hydrogens (tertiary/aromatic N) is 1. The van der Waals surface area contributed by atoms with Crippen LogP contribution in [-0.2, 0) is 6.54 Å². The molecule has 0 bridgehead atoms. The summed E-state index contributed by atoms with van der Waals surface area (Å²) in [5.74, 6) is 0.705. The Morgan fingerprint density at radius 1 is 0.793 bits per heavy atom. The topological polar surface area (TPSA) is 49.4 Å².